The Bertz CT molecular complexity index is 569. The summed E-state index contributed by atoms with van der Waals surface area (Å²) in [6.45, 7) is 0. The first kappa shape index (κ1) is 14.5. The summed E-state index contributed by atoms with van der Waals surface area (Å²) < 4.78 is 22.5. The van der Waals surface area contributed by atoms with Crippen LogP contribution in [0.15, 0.2) is 24.3 Å². The Morgan fingerprint density at radius 2 is 1.94 bits per heavy atom. The Kier molecular flexibility index (Phi) is 4.69. The van der Waals surface area contributed by atoms with E-state index >= 15 is 0 Å². The number of carbonyl (C=O) groups is 2. The van der Waals surface area contributed by atoms with Gasteiger partial charge in [0.05, 0.1) is 0 Å². The molecule has 0 spiro atoms. The third-order valence-electron chi connectivity index (χ3n) is 1.80. The molecule has 1 rings (SSSR count). The van der Waals surface area contributed by atoms with Gasteiger partial charge in [0.2, 0.25) is 5.91 Å². The van der Waals surface area contributed by atoms with Crippen LogP contribution in [0.4, 0.5) is 5.69 Å². The molecule has 18 heavy (non-hydrogen) atoms. The number of anilines is 1. The zero-order valence-corrected chi connectivity index (χ0v) is 10.7. The number of aliphatic carboxylic acids is 1. The van der Waals surface area contributed by atoms with Gasteiger partial charge in [-0.1, -0.05) is 17.7 Å². The minimum Gasteiger partial charge on any atom is -0.480 e. The maximum atomic E-state index is 11.4. The molecule has 0 aromatic heterocycles. The summed E-state index contributed by atoms with van der Waals surface area (Å²) in [6, 6.07) is 6.17. The molecule has 0 heterocycles. The predicted molar refractivity (Wildman–Crippen MR) is 66.4 cm³/mol. The second-order valence-corrected chi connectivity index (χ2v) is 5.99. The van der Waals surface area contributed by atoms with Crippen molar-refractivity contribution in [3.05, 3.63) is 29.3 Å². The normalized spacial score (nSPS) is 10.9. The third-order valence-corrected chi connectivity index (χ3v) is 3.43. The number of halogens is 1. The van der Waals surface area contributed by atoms with Gasteiger partial charge in [-0.05, 0) is 18.2 Å². The van der Waals surface area contributed by atoms with E-state index in [0.717, 1.165) is 0 Å². The van der Waals surface area contributed by atoms with Gasteiger partial charge in [0.15, 0.2) is 9.84 Å². The van der Waals surface area contributed by atoms with Crippen molar-refractivity contribution in [3.63, 3.8) is 0 Å². The van der Waals surface area contributed by atoms with Crippen LogP contribution in [-0.2, 0) is 19.4 Å². The number of carbonyl (C=O) groups excluding carboxylic acids is 1. The van der Waals surface area contributed by atoms with E-state index in [1.165, 1.54) is 12.1 Å². The van der Waals surface area contributed by atoms with Crippen molar-refractivity contribution in [1.82, 2.24) is 0 Å². The molecule has 0 unspecified atom stereocenters. The van der Waals surface area contributed by atoms with Crippen molar-refractivity contribution in [2.75, 3.05) is 16.8 Å². The molecule has 0 saturated heterocycles. The van der Waals surface area contributed by atoms with Gasteiger partial charge in [0.1, 0.15) is 11.5 Å². The topological polar surface area (TPSA) is 101 Å². The number of sulfone groups is 1. The molecule has 1 amide bonds. The van der Waals surface area contributed by atoms with E-state index in [9.17, 15) is 18.0 Å². The number of benzene rings is 1. The van der Waals surface area contributed by atoms with Crippen LogP contribution in [0.1, 0.15) is 0 Å². The molecule has 0 aliphatic heterocycles. The molecule has 2 N–H and O–H groups in total. The summed E-state index contributed by atoms with van der Waals surface area (Å²) in [5.74, 6) is -4.26. The van der Waals surface area contributed by atoms with Crippen LogP contribution in [0.2, 0.25) is 5.02 Å². The van der Waals surface area contributed by atoms with Crippen LogP contribution < -0.4 is 5.32 Å². The van der Waals surface area contributed by atoms with Crippen molar-refractivity contribution in [3.8, 4) is 0 Å². The van der Waals surface area contributed by atoms with Crippen molar-refractivity contribution < 1.29 is 23.1 Å². The monoisotopic (exact) mass is 291 g/mol. The second-order valence-electron chi connectivity index (χ2n) is 3.48. The van der Waals surface area contributed by atoms with Crippen molar-refractivity contribution in [2.24, 2.45) is 0 Å². The highest BCUT2D eigenvalue weighted by atomic mass is 35.5. The van der Waals surface area contributed by atoms with Crippen LogP contribution in [0.5, 0.6) is 0 Å². The molecule has 0 fully saturated rings. The quantitative estimate of drug-likeness (QED) is 0.835. The molecule has 6 nitrogen and oxygen atoms in total. The summed E-state index contributed by atoms with van der Waals surface area (Å²) in [5, 5.41) is 11.1. The lowest BCUT2D eigenvalue weighted by Crippen LogP contribution is -2.27. The Morgan fingerprint density at radius 1 is 1.28 bits per heavy atom. The van der Waals surface area contributed by atoms with Crippen molar-refractivity contribution in [2.45, 2.75) is 0 Å². The van der Waals surface area contributed by atoms with E-state index < -0.39 is 33.2 Å². The van der Waals surface area contributed by atoms with Crippen molar-refractivity contribution >= 4 is 39.0 Å². The fraction of sp³-hybridized carbons (Fsp3) is 0.200. The van der Waals surface area contributed by atoms with Crippen LogP contribution >= 0.6 is 11.6 Å². The minimum atomic E-state index is -3.95. The van der Waals surface area contributed by atoms with Crippen LogP contribution in [0.25, 0.3) is 0 Å². The van der Waals surface area contributed by atoms with Crippen LogP contribution in [-0.4, -0.2) is 36.9 Å². The average Bonchev–Trinajstić information content (AvgIpc) is 2.13. The largest absolute Gasteiger partial charge is 0.480 e. The van der Waals surface area contributed by atoms with Gasteiger partial charge in [0, 0.05) is 10.7 Å². The molecule has 98 valence electrons. The van der Waals surface area contributed by atoms with E-state index in [2.05, 4.69) is 5.32 Å². The molecule has 0 atom stereocenters. The molecule has 0 aliphatic rings. The fourth-order valence-corrected chi connectivity index (χ4v) is 2.34. The molecule has 0 bridgehead atoms. The number of hydrogen-bond donors (Lipinski definition) is 2. The van der Waals surface area contributed by atoms with Gasteiger partial charge in [0.25, 0.3) is 0 Å². The van der Waals surface area contributed by atoms with Gasteiger partial charge in [-0.25, -0.2) is 8.42 Å². The molecule has 1 aromatic rings. The number of amides is 1. The van der Waals surface area contributed by atoms with E-state index in [1.807, 2.05) is 0 Å². The summed E-state index contributed by atoms with van der Waals surface area (Å²) in [4.78, 5) is 21.7. The second kappa shape index (κ2) is 5.83. The molecular formula is C10H10ClNO5S. The Morgan fingerprint density at radius 3 is 2.50 bits per heavy atom. The highest BCUT2D eigenvalue weighted by molar-refractivity contribution is 7.92. The maximum absolute atomic E-state index is 11.4. The van der Waals surface area contributed by atoms with E-state index in [4.69, 9.17) is 16.7 Å². The van der Waals surface area contributed by atoms with Gasteiger partial charge in [-0.3, -0.25) is 9.59 Å². The van der Waals surface area contributed by atoms with E-state index in [0.29, 0.717) is 10.7 Å². The zero-order chi connectivity index (χ0) is 13.8. The van der Waals surface area contributed by atoms with E-state index in [-0.39, 0.29) is 0 Å². The van der Waals surface area contributed by atoms with Gasteiger partial charge in [-0.2, -0.15) is 0 Å². The lowest BCUT2D eigenvalue weighted by Gasteiger charge is -2.05. The summed E-state index contributed by atoms with van der Waals surface area (Å²) >= 11 is 5.68. The Hall–Kier alpha value is -1.60. The standard InChI is InChI=1S/C10H10ClNO5S/c11-7-2-1-3-8(4-7)12-9(13)5-18(16,17)6-10(14)15/h1-4H,5-6H2,(H,12,13)(H,14,15). The Labute approximate surface area is 108 Å². The SMILES string of the molecule is O=C(O)CS(=O)(=O)CC(=O)Nc1cccc(Cl)c1. The number of carboxylic acid groups (broad SMARTS) is 1. The summed E-state index contributed by atoms with van der Waals surface area (Å²) in [5.41, 5.74) is 0.345. The first-order valence-corrected chi connectivity index (χ1v) is 6.96. The molecular weight excluding hydrogens is 282 g/mol. The first-order valence-electron chi connectivity index (χ1n) is 4.76. The molecule has 0 saturated carbocycles. The molecule has 0 aliphatic carbocycles. The summed E-state index contributed by atoms with van der Waals surface area (Å²) in [7, 11) is -3.95. The molecule has 8 heteroatoms. The van der Waals surface area contributed by atoms with Crippen LogP contribution in [0.3, 0.4) is 0 Å². The third kappa shape index (κ3) is 5.15. The van der Waals surface area contributed by atoms with Crippen molar-refractivity contribution in [1.29, 1.82) is 0 Å². The predicted octanol–water partition coefficient (Wildman–Crippen LogP) is 0.778. The smallest absolute Gasteiger partial charge is 0.318 e. The zero-order valence-electron chi connectivity index (χ0n) is 9.09. The first-order chi connectivity index (χ1) is 8.28. The average molecular weight is 292 g/mol. The number of rotatable bonds is 5. The molecule has 1 aromatic carbocycles. The maximum Gasteiger partial charge on any atom is 0.318 e. The van der Waals surface area contributed by atoms with Gasteiger partial charge in [-0.15, -0.1) is 0 Å². The fourth-order valence-electron chi connectivity index (χ4n) is 1.20. The van der Waals surface area contributed by atoms with Gasteiger partial charge < -0.3 is 10.4 Å². The minimum absolute atomic E-state index is 0.345. The summed E-state index contributed by atoms with van der Waals surface area (Å²) in [6.07, 6.45) is 0. The number of nitrogens with one attached hydrogen (secondary N) is 1. The highest BCUT2D eigenvalue weighted by Crippen LogP contribution is 2.14. The Balaban J connectivity index is 2.65. The number of carboxylic acids is 1. The lowest BCUT2D eigenvalue weighted by atomic mass is 10.3. The number of hydrogen-bond acceptors (Lipinski definition) is 4. The van der Waals surface area contributed by atoms with Crippen LogP contribution in [0, 0.1) is 0 Å². The van der Waals surface area contributed by atoms with Gasteiger partial charge >= 0.3 is 5.97 Å². The highest BCUT2D eigenvalue weighted by Gasteiger charge is 2.20. The van der Waals surface area contributed by atoms with E-state index in [1.54, 1.807) is 12.1 Å². The lowest BCUT2D eigenvalue weighted by molar-refractivity contribution is -0.134. The molecule has 0 radical (unpaired) electrons.